The molecule has 12 nitrogen and oxygen atoms in total. The number of carbonyl (C=O) groups is 3. The van der Waals surface area contributed by atoms with Crippen molar-refractivity contribution in [2.45, 2.75) is 50.8 Å². The third-order valence-corrected chi connectivity index (χ3v) is 7.40. The molecule has 0 aromatic heterocycles. The highest BCUT2D eigenvalue weighted by Crippen LogP contribution is 2.24. The van der Waals surface area contributed by atoms with Crippen molar-refractivity contribution in [3.63, 3.8) is 0 Å². The van der Waals surface area contributed by atoms with E-state index in [0.29, 0.717) is 42.5 Å². The van der Waals surface area contributed by atoms with Crippen LogP contribution in [0.5, 0.6) is 23.0 Å². The Morgan fingerprint density at radius 2 is 1.14 bits per heavy atom. The molecule has 50 heavy (non-hydrogen) atoms. The van der Waals surface area contributed by atoms with Gasteiger partial charge in [0.15, 0.2) is 38.0 Å². The number of aliphatic hydroxyl groups excluding tert-OH is 1. The van der Waals surface area contributed by atoms with Gasteiger partial charge in [0.2, 0.25) is 0 Å². The molecule has 0 amide bonds. The summed E-state index contributed by atoms with van der Waals surface area (Å²) in [5, 5.41) is 10.6. The molecule has 1 saturated heterocycles. The lowest BCUT2D eigenvalue weighted by atomic mass is 10.0. The van der Waals surface area contributed by atoms with Gasteiger partial charge in [-0.15, -0.1) is 0 Å². The van der Waals surface area contributed by atoms with E-state index in [4.69, 9.17) is 37.9 Å². The second-order valence-electron chi connectivity index (χ2n) is 11.2. The highest BCUT2D eigenvalue weighted by molar-refractivity contribution is 5.75. The molecule has 5 atom stereocenters. The van der Waals surface area contributed by atoms with Crippen molar-refractivity contribution in [3.8, 4) is 23.0 Å². The Morgan fingerprint density at radius 1 is 0.700 bits per heavy atom. The highest BCUT2D eigenvalue weighted by atomic mass is 16.7. The molecular formula is C38H38O12. The number of aliphatic hydroxyl groups is 1. The van der Waals surface area contributed by atoms with Crippen LogP contribution in [0.25, 0.3) is 0 Å². The fourth-order valence-corrected chi connectivity index (χ4v) is 4.87. The van der Waals surface area contributed by atoms with Crippen molar-refractivity contribution in [3.05, 3.63) is 120 Å². The molecule has 4 aromatic carbocycles. The second kappa shape index (κ2) is 18.4. The first-order chi connectivity index (χ1) is 24.4. The Bertz CT molecular complexity index is 1630. The fraction of sp³-hybridized carbons (Fsp3) is 0.289. The van der Waals surface area contributed by atoms with Gasteiger partial charge in [-0.25, -0.2) is 9.59 Å². The van der Waals surface area contributed by atoms with E-state index in [-0.39, 0.29) is 6.61 Å². The smallest absolute Gasteiger partial charge is 0.345 e. The maximum Gasteiger partial charge on any atom is 0.345 e. The van der Waals surface area contributed by atoms with Crippen molar-refractivity contribution >= 4 is 18.2 Å². The molecular weight excluding hydrogens is 648 g/mol. The standard InChI is InChI=1S/C38H38O12/c1-26-43-23-33(40)37(48-26)38(50-36(42)25-47-32-18-14-30(15-19-32)45-22-28-10-6-3-7-11-28)34(20-39)49-35(41)24-46-31-16-12-29(13-17-31)44-21-27-8-4-2-5-9-27/h2-20,26,33-34,37-38,40H,21-25H2,1H3/t26?,33-,34+,37-,38-/m1/s1. The van der Waals surface area contributed by atoms with Crippen LogP contribution in [-0.2, 0) is 46.5 Å². The summed E-state index contributed by atoms with van der Waals surface area (Å²) >= 11 is 0. The Kier molecular flexibility index (Phi) is 13.2. The lowest BCUT2D eigenvalue weighted by molar-refractivity contribution is -0.274. The summed E-state index contributed by atoms with van der Waals surface area (Å²) in [6.07, 6.45) is -6.22. The van der Waals surface area contributed by atoms with Crippen LogP contribution in [0.15, 0.2) is 109 Å². The summed E-state index contributed by atoms with van der Waals surface area (Å²) in [5.41, 5.74) is 2.03. The van der Waals surface area contributed by atoms with E-state index in [2.05, 4.69) is 0 Å². The minimum Gasteiger partial charge on any atom is -0.489 e. The molecule has 0 spiro atoms. The molecule has 0 aliphatic carbocycles. The van der Waals surface area contributed by atoms with Crippen LogP contribution in [0, 0.1) is 0 Å². The fourth-order valence-electron chi connectivity index (χ4n) is 4.87. The van der Waals surface area contributed by atoms with Crippen molar-refractivity contribution in [1.82, 2.24) is 0 Å². The van der Waals surface area contributed by atoms with Crippen LogP contribution in [0.1, 0.15) is 18.1 Å². The van der Waals surface area contributed by atoms with Gasteiger partial charge in [0.05, 0.1) is 6.61 Å². The Hall–Kier alpha value is -5.43. The Morgan fingerprint density at radius 3 is 1.60 bits per heavy atom. The molecule has 0 saturated carbocycles. The zero-order valence-corrected chi connectivity index (χ0v) is 27.3. The van der Waals surface area contributed by atoms with E-state index in [9.17, 15) is 19.5 Å². The molecule has 262 valence electrons. The molecule has 4 aromatic rings. The first kappa shape index (κ1) is 35.9. The van der Waals surface area contributed by atoms with Gasteiger partial charge in [-0.3, -0.25) is 4.79 Å². The van der Waals surface area contributed by atoms with Gasteiger partial charge in [0.25, 0.3) is 0 Å². The average molecular weight is 687 g/mol. The summed E-state index contributed by atoms with van der Waals surface area (Å²) in [4.78, 5) is 37.9. The molecule has 1 heterocycles. The first-order valence-corrected chi connectivity index (χ1v) is 15.9. The van der Waals surface area contributed by atoms with E-state index in [1.54, 1.807) is 55.5 Å². The van der Waals surface area contributed by atoms with Gasteiger partial charge < -0.3 is 43.0 Å². The number of hydrogen-bond acceptors (Lipinski definition) is 12. The topological polar surface area (TPSA) is 145 Å². The van der Waals surface area contributed by atoms with Crippen LogP contribution in [0.4, 0.5) is 0 Å². The van der Waals surface area contributed by atoms with E-state index in [0.717, 1.165) is 11.1 Å². The van der Waals surface area contributed by atoms with Crippen LogP contribution in [0.2, 0.25) is 0 Å². The van der Waals surface area contributed by atoms with Crippen molar-refractivity contribution in [2.24, 2.45) is 0 Å². The molecule has 0 bridgehead atoms. The zero-order chi connectivity index (χ0) is 35.1. The largest absolute Gasteiger partial charge is 0.489 e. The molecule has 12 heteroatoms. The van der Waals surface area contributed by atoms with Crippen molar-refractivity contribution < 1.29 is 57.4 Å². The number of ether oxygens (including phenoxy) is 8. The van der Waals surface area contributed by atoms with Crippen LogP contribution < -0.4 is 18.9 Å². The number of carbonyl (C=O) groups excluding carboxylic acids is 3. The van der Waals surface area contributed by atoms with Gasteiger partial charge in [-0.2, -0.15) is 0 Å². The molecule has 5 rings (SSSR count). The highest BCUT2D eigenvalue weighted by Gasteiger charge is 2.43. The molecule has 1 fully saturated rings. The number of esters is 2. The van der Waals surface area contributed by atoms with Gasteiger partial charge >= 0.3 is 11.9 Å². The molecule has 1 N–H and O–H groups in total. The molecule has 1 aliphatic heterocycles. The van der Waals surface area contributed by atoms with Crippen LogP contribution in [0.3, 0.4) is 0 Å². The van der Waals surface area contributed by atoms with Gasteiger partial charge in [-0.1, -0.05) is 60.7 Å². The molecule has 1 unspecified atom stereocenters. The predicted molar refractivity (Wildman–Crippen MR) is 178 cm³/mol. The summed E-state index contributed by atoms with van der Waals surface area (Å²) in [6, 6.07) is 32.6. The van der Waals surface area contributed by atoms with Gasteiger partial charge in [0.1, 0.15) is 48.4 Å². The molecule has 1 aliphatic rings. The minimum absolute atomic E-state index is 0.164. The van der Waals surface area contributed by atoms with E-state index >= 15 is 0 Å². The van der Waals surface area contributed by atoms with Crippen LogP contribution in [-0.4, -0.2) is 73.9 Å². The van der Waals surface area contributed by atoms with Gasteiger partial charge in [0, 0.05) is 0 Å². The number of aldehydes is 1. The van der Waals surface area contributed by atoms with Crippen LogP contribution >= 0.6 is 0 Å². The predicted octanol–water partition coefficient (Wildman–Crippen LogP) is 4.45. The summed E-state index contributed by atoms with van der Waals surface area (Å²) < 4.78 is 44.4. The zero-order valence-electron chi connectivity index (χ0n) is 27.3. The van der Waals surface area contributed by atoms with E-state index in [1.807, 2.05) is 60.7 Å². The lowest BCUT2D eigenvalue weighted by Gasteiger charge is -2.38. The number of hydrogen-bond donors (Lipinski definition) is 1. The summed E-state index contributed by atoms with van der Waals surface area (Å²) in [7, 11) is 0. The monoisotopic (exact) mass is 686 g/mol. The third kappa shape index (κ3) is 11.1. The maximum absolute atomic E-state index is 12.9. The average Bonchev–Trinajstić information content (AvgIpc) is 3.15. The number of rotatable bonds is 17. The minimum atomic E-state index is -1.64. The van der Waals surface area contributed by atoms with E-state index < -0.39 is 55.9 Å². The lowest BCUT2D eigenvalue weighted by Crippen LogP contribution is -2.56. The molecule has 0 radical (unpaired) electrons. The third-order valence-electron chi connectivity index (χ3n) is 7.40. The first-order valence-electron chi connectivity index (χ1n) is 15.9. The SMILES string of the molecule is CC1OC[C@@H](O)[C@H]([C@H](OC(=O)COc2ccc(OCc3ccccc3)cc2)[C@H](C=O)OC(=O)COc2ccc(OCc3ccccc3)cc2)O1. The maximum atomic E-state index is 12.9. The van der Waals surface area contributed by atoms with E-state index in [1.165, 1.54) is 0 Å². The van der Waals surface area contributed by atoms with Gasteiger partial charge in [-0.05, 0) is 66.6 Å². The number of benzene rings is 4. The quantitative estimate of drug-likeness (QED) is 0.124. The second-order valence-corrected chi connectivity index (χ2v) is 11.2. The van der Waals surface area contributed by atoms with Crippen molar-refractivity contribution in [2.75, 3.05) is 19.8 Å². The summed E-state index contributed by atoms with van der Waals surface area (Å²) in [5.74, 6) is 0.0918. The normalized spacial score (nSPS) is 18.2. The summed E-state index contributed by atoms with van der Waals surface area (Å²) in [6.45, 7) is 1.08. The Balaban J connectivity index is 1.13. The van der Waals surface area contributed by atoms with Crippen molar-refractivity contribution in [1.29, 1.82) is 0 Å². The Labute approximate surface area is 289 Å².